The molecular weight excluding hydrogens is 400 g/mol. The number of hydrogen-bond donors (Lipinski definition) is 2. The predicted molar refractivity (Wildman–Crippen MR) is 108 cm³/mol. The van der Waals surface area contributed by atoms with Crippen molar-refractivity contribution < 1.29 is 13.2 Å². The molecule has 1 heterocycles. The molecule has 146 valence electrons. The zero-order valence-corrected chi connectivity index (χ0v) is 16.6. The van der Waals surface area contributed by atoms with Gasteiger partial charge in [-0.3, -0.25) is 4.79 Å². The van der Waals surface area contributed by atoms with Crippen LogP contribution in [0.4, 0.5) is 5.82 Å². The van der Waals surface area contributed by atoms with E-state index in [-0.39, 0.29) is 4.90 Å². The summed E-state index contributed by atoms with van der Waals surface area (Å²) in [6.07, 6.45) is 1.57. The molecular formula is C19H19ClN4O3S. The molecule has 0 bridgehead atoms. The highest BCUT2D eigenvalue weighted by Gasteiger charge is 2.22. The summed E-state index contributed by atoms with van der Waals surface area (Å²) in [6.45, 7) is 1.95. The Morgan fingerprint density at radius 2 is 1.79 bits per heavy atom. The molecule has 28 heavy (non-hydrogen) atoms. The molecule has 1 aromatic heterocycles. The Hall–Kier alpha value is -2.68. The van der Waals surface area contributed by atoms with Crippen LogP contribution < -0.4 is 10.0 Å². The largest absolute Gasteiger partial charge is 0.310 e. The third kappa shape index (κ3) is 4.98. The van der Waals surface area contributed by atoms with E-state index in [4.69, 9.17) is 11.6 Å². The van der Waals surface area contributed by atoms with Crippen LogP contribution in [0, 0.1) is 0 Å². The summed E-state index contributed by atoms with van der Waals surface area (Å²) in [5.74, 6) is -0.0151. The summed E-state index contributed by atoms with van der Waals surface area (Å²) in [7, 11) is -3.85. The molecule has 0 aliphatic heterocycles. The first-order valence-corrected chi connectivity index (χ1v) is 10.4. The minimum atomic E-state index is -3.85. The molecule has 0 unspecified atom stereocenters. The number of rotatable bonds is 7. The first-order valence-electron chi connectivity index (χ1n) is 8.50. The SMILES string of the molecule is C[C@H](NS(=O)(=O)c1ccc(Cl)cc1)C(=O)Nc1ccnn1Cc1ccccc1. The first kappa shape index (κ1) is 20.1. The van der Waals surface area contributed by atoms with Gasteiger partial charge in [0.25, 0.3) is 0 Å². The van der Waals surface area contributed by atoms with Gasteiger partial charge in [-0.05, 0) is 36.8 Å². The maximum atomic E-state index is 12.5. The number of nitrogens with one attached hydrogen (secondary N) is 2. The first-order chi connectivity index (χ1) is 13.3. The van der Waals surface area contributed by atoms with Crippen molar-refractivity contribution in [1.82, 2.24) is 14.5 Å². The Bertz CT molecular complexity index is 1050. The smallest absolute Gasteiger partial charge is 0.243 e. The molecule has 0 radical (unpaired) electrons. The number of hydrogen-bond acceptors (Lipinski definition) is 4. The fourth-order valence-electron chi connectivity index (χ4n) is 2.52. The van der Waals surface area contributed by atoms with Crippen LogP contribution in [0.1, 0.15) is 12.5 Å². The second-order valence-electron chi connectivity index (χ2n) is 6.15. The number of halogens is 1. The van der Waals surface area contributed by atoms with Crippen molar-refractivity contribution in [2.45, 2.75) is 24.4 Å². The van der Waals surface area contributed by atoms with E-state index in [2.05, 4.69) is 15.1 Å². The van der Waals surface area contributed by atoms with Crippen LogP contribution in [0.15, 0.2) is 71.8 Å². The normalized spacial score (nSPS) is 12.5. The number of anilines is 1. The third-order valence-corrected chi connectivity index (χ3v) is 5.80. The zero-order chi connectivity index (χ0) is 20.1. The monoisotopic (exact) mass is 418 g/mol. The molecule has 2 N–H and O–H groups in total. The average Bonchev–Trinajstić information content (AvgIpc) is 3.09. The molecule has 7 nitrogen and oxygen atoms in total. The van der Waals surface area contributed by atoms with Gasteiger partial charge in [0.05, 0.1) is 23.7 Å². The van der Waals surface area contributed by atoms with Gasteiger partial charge in [-0.1, -0.05) is 41.9 Å². The molecule has 0 saturated heterocycles. The molecule has 3 aromatic rings. The summed E-state index contributed by atoms with van der Waals surface area (Å²) in [6, 6.07) is 16.0. The molecule has 9 heteroatoms. The summed E-state index contributed by atoms with van der Waals surface area (Å²) in [5.41, 5.74) is 1.03. The lowest BCUT2D eigenvalue weighted by Gasteiger charge is -2.15. The second kappa shape index (κ2) is 8.55. The predicted octanol–water partition coefficient (Wildman–Crippen LogP) is 2.89. The van der Waals surface area contributed by atoms with Gasteiger partial charge in [-0.25, -0.2) is 13.1 Å². The van der Waals surface area contributed by atoms with E-state index in [1.165, 1.54) is 31.2 Å². The highest BCUT2D eigenvalue weighted by molar-refractivity contribution is 7.89. The van der Waals surface area contributed by atoms with Gasteiger partial charge in [0, 0.05) is 11.1 Å². The van der Waals surface area contributed by atoms with Gasteiger partial charge in [0.1, 0.15) is 5.82 Å². The number of sulfonamides is 1. The van der Waals surface area contributed by atoms with Gasteiger partial charge in [-0.2, -0.15) is 9.82 Å². The maximum absolute atomic E-state index is 12.5. The number of aromatic nitrogens is 2. The van der Waals surface area contributed by atoms with Crippen LogP contribution in [0.2, 0.25) is 5.02 Å². The van der Waals surface area contributed by atoms with Gasteiger partial charge < -0.3 is 5.32 Å². The van der Waals surface area contributed by atoms with Crippen molar-refractivity contribution in [3.05, 3.63) is 77.4 Å². The van der Waals surface area contributed by atoms with Crippen LogP contribution in [-0.2, 0) is 21.4 Å². The van der Waals surface area contributed by atoms with Crippen molar-refractivity contribution in [3.8, 4) is 0 Å². The average molecular weight is 419 g/mol. The molecule has 0 spiro atoms. The summed E-state index contributed by atoms with van der Waals surface area (Å²) >= 11 is 5.78. The lowest BCUT2D eigenvalue weighted by Crippen LogP contribution is -2.41. The second-order valence-corrected chi connectivity index (χ2v) is 8.30. The van der Waals surface area contributed by atoms with E-state index in [0.717, 1.165) is 5.56 Å². The summed E-state index contributed by atoms with van der Waals surface area (Å²) in [4.78, 5) is 12.5. The van der Waals surface area contributed by atoms with Crippen molar-refractivity contribution in [3.63, 3.8) is 0 Å². The number of nitrogens with zero attached hydrogens (tertiary/aromatic N) is 2. The zero-order valence-electron chi connectivity index (χ0n) is 15.0. The van der Waals surface area contributed by atoms with Crippen molar-refractivity contribution in [1.29, 1.82) is 0 Å². The topological polar surface area (TPSA) is 93.1 Å². The van der Waals surface area contributed by atoms with E-state index in [9.17, 15) is 13.2 Å². The Balaban J connectivity index is 1.66. The fraction of sp³-hybridized carbons (Fsp3) is 0.158. The van der Waals surface area contributed by atoms with E-state index in [1.54, 1.807) is 16.9 Å². The van der Waals surface area contributed by atoms with Crippen molar-refractivity contribution in [2.75, 3.05) is 5.32 Å². The van der Waals surface area contributed by atoms with Crippen LogP contribution in [-0.4, -0.2) is 30.1 Å². The molecule has 1 amide bonds. The highest BCUT2D eigenvalue weighted by Crippen LogP contribution is 2.15. The van der Waals surface area contributed by atoms with Crippen LogP contribution in [0.25, 0.3) is 0 Å². The standard InChI is InChI=1S/C19H19ClN4O3S/c1-14(23-28(26,27)17-9-7-16(20)8-10-17)19(25)22-18-11-12-21-24(18)13-15-5-3-2-4-6-15/h2-12,14,23H,13H2,1H3,(H,22,25)/t14-/m0/s1. The Labute approximate surface area is 168 Å². The van der Waals surface area contributed by atoms with Crippen LogP contribution in [0.3, 0.4) is 0 Å². The molecule has 2 aromatic carbocycles. The minimum absolute atomic E-state index is 0.0330. The van der Waals surface area contributed by atoms with E-state index < -0.39 is 22.0 Å². The fourth-order valence-corrected chi connectivity index (χ4v) is 3.85. The molecule has 1 atom stereocenters. The van der Waals surface area contributed by atoms with Crippen LogP contribution >= 0.6 is 11.6 Å². The lowest BCUT2D eigenvalue weighted by molar-refractivity contribution is -0.117. The molecule has 0 aliphatic carbocycles. The number of amides is 1. The van der Waals surface area contributed by atoms with Crippen LogP contribution in [0.5, 0.6) is 0 Å². The Kier molecular flexibility index (Phi) is 6.13. The van der Waals surface area contributed by atoms with Crippen molar-refractivity contribution >= 4 is 33.3 Å². The molecule has 3 rings (SSSR count). The number of benzene rings is 2. The summed E-state index contributed by atoms with van der Waals surface area (Å²) < 4.78 is 28.8. The number of carbonyl (C=O) groups excluding carboxylic acids is 1. The van der Waals surface area contributed by atoms with Crippen molar-refractivity contribution in [2.24, 2.45) is 0 Å². The third-order valence-electron chi connectivity index (χ3n) is 3.99. The Morgan fingerprint density at radius 1 is 1.11 bits per heavy atom. The van der Waals surface area contributed by atoms with E-state index in [0.29, 0.717) is 17.4 Å². The minimum Gasteiger partial charge on any atom is -0.310 e. The molecule has 0 fully saturated rings. The molecule has 0 aliphatic rings. The Morgan fingerprint density at radius 3 is 2.46 bits per heavy atom. The van der Waals surface area contributed by atoms with E-state index in [1.807, 2.05) is 30.3 Å². The quantitative estimate of drug-likeness (QED) is 0.617. The van der Waals surface area contributed by atoms with Gasteiger partial charge in [0.15, 0.2) is 0 Å². The van der Waals surface area contributed by atoms with Gasteiger partial charge >= 0.3 is 0 Å². The molecule has 0 saturated carbocycles. The highest BCUT2D eigenvalue weighted by atomic mass is 35.5. The van der Waals surface area contributed by atoms with E-state index >= 15 is 0 Å². The lowest BCUT2D eigenvalue weighted by atomic mass is 10.2. The summed E-state index contributed by atoms with van der Waals surface area (Å²) in [5, 5.41) is 7.34. The number of carbonyl (C=O) groups is 1. The maximum Gasteiger partial charge on any atom is 0.243 e. The van der Waals surface area contributed by atoms with Gasteiger partial charge in [-0.15, -0.1) is 0 Å². The van der Waals surface area contributed by atoms with Gasteiger partial charge in [0.2, 0.25) is 15.9 Å².